The summed E-state index contributed by atoms with van der Waals surface area (Å²) in [5.41, 5.74) is 3.02. The molecule has 0 atom stereocenters. The molecule has 0 fully saturated rings. The van der Waals surface area contributed by atoms with Crippen LogP contribution in [0.5, 0.6) is 0 Å². The number of rotatable bonds is 2. The van der Waals surface area contributed by atoms with Gasteiger partial charge in [0.15, 0.2) is 0 Å². The van der Waals surface area contributed by atoms with Crippen LogP contribution in [0.15, 0.2) is 35.1 Å². The normalized spacial score (nSPS) is 10.9. The van der Waals surface area contributed by atoms with Gasteiger partial charge in [-0.1, -0.05) is 23.4 Å². The Morgan fingerprint density at radius 1 is 1.39 bits per heavy atom. The number of aromatic nitrogens is 2. The van der Waals surface area contributed by atoms with Crippen molar-refractivity contribution in [1.29, 1.82) is 0 Å². The predicted octanol–water partition coefficient (Wildman–Crippen LogP) is 2.83. The first kappa shape index (κ1) is 10.6. The third kappa shape index (κ3) is 1.41. The number of aryl methyl sites for hydroxylation is 1. The molecular weight excluding hydrogens is 232 g/mol. The summed E-state index contributed by atoms with van der Waals surface area (Å²) in [6.07, 6.45) is 1.15. The predicted molar refractivity (Wildman–Crippen MR) is 65.5 cm³/mol. The van der Waals surface area contributed by atoms with Crippen molar-refractivity contribution >= 4 is 16.9 Å². The Hall–Kier alpha value is -2.56. The molecule has 0 radical (unpaired) electrons. The van der Waals surface area contributed by atoms with E-state index in [4.69, 9.17) is 9.63 Å². The van der Waals surface area contributed by atoms with Gasteiger partial charge in [-0.15, -0.1) is 0 Å². The van der Waals surface area contributed by atoms with Crippen molar-refractivity contribution in [2.24, 2.45) is 0 Å². The molecule has 5 heteroatoms. The first-order chi connectivity index (χ1) is 8.68. The summed E-state index contributed by atoms with van der Waals surface area (Å²) in [5, 5.41) is 13.9. The van der Waals surface area contributed by atoms with Crippen molar-refractivity contribution in [3.05, 3.63) is 41.8 Å². The molecule has 5 nitrogen and oxygen atoms in total. The van der Waals surface area contributed by atoms with E-state index in [1.165, 1.54) is 0 Å². The van der Waals surface area contributed by atoms with Crippen LogP contribution in [0.2, 0.25) is 0 Å². The molecule has 90 valence electrons. The van der Waals surface area contributed by atoms with Gasteiger partial charge < -0.3 is 14.6 Å². The van der Waals surface area contributed by atoms with E-state index in [9.17, 15) is 4.79 Å². The van der Waals surface area contributed by atoms with Gasteiger partial charge in [0.2, 0.25) is 0 Å². The second-order valence-corrected chi connectivity index (χ2v) is 4.05. The van der Waals surface area contributed by atoms with E-state index in [1.807, 2.05) is 31.2 Å². The van der Waals surface area contributed by atoms with Crippen LogP contribution in [0, 0.1) is 6.92 Å². The molecule has 0 saturated heterocycles. The Morgan fingerprint density at radius 3 is 2.94 bits per heavy atom. The highest BCUT2D eigenvalue weighted by atomic mass is 16.5. The summed E-state index contributed by atoms with van der Waals surface area (Å²) in [4.78, 5) is 14.3. The minimum Gasteiger partial charge on any atom is -0.477 e. The van der Waals surface area contributed by atoms with Crippen LogP contribution in [0.3, 0.4) is 0 Å². The smallest absolute Gasteiger partial charge is 0.341 e. The molecule has 0 amide bonds. The Kier molecular flexibility index (Phi) is 2.19. The molecule has 2 N–H and O–H groups in total. The molecule has 3 rings (SSSR count). The van der Waals surface area contributed by atoms with E-state index >= 15 is 0 Å². The maximum absolute atomic E-state index is 11.1. The van der Waals surface area contributed by atoms with Gasteiger partial charge in [-0.25, -0.2) is 4.79 Å². The number of aromatic amines is 1. The summed E-state index contributed by atoms with van der Waals surface area (Å²) in [6.45, 7) is 1.88. The molecule has 18 heavy (non-hydrogen) atoms. The number of aromatic carboxylic acids is 1. The van der Waals surface area contributed by atoms with E-state index in [0.29, 0.717) is 5.69 Å². The van der Waals surface area contributed by atoms with Crippen molar-refractivity contribution < 1.29 is 14.4 Å². The molecule has 2 aromatic heterocycles. The fourth-order valence-corrected chi connectivity index (χ4v) is 2.15. The summed E-state index contributed by atoms with van der Waals surface area (Å²) in [6, 6.07) is 7.68. The number of para-hydroxylation sites is 1. The maximum Gasteiger partial charge on any atom is 0.341 e. The first-order valence-electron chi connectivity index (χ1n) is 5.44. The highest BCUT2D eigenvalue weighted by molar-refractivity contribution is 6.02. The standard InChI is InChI=1S/C13H10N2O3/c1-7-11(8-4-2-3-5-10(8)14-7)12-9(13(16)17)6-18-15-12/h2-6,14H,1H3,(H,16,17). The monoisotopic (exact) mass is 242 g/mol. The van der Waals surface area contributed by atoms with Crippen molar-refractivity contribution in [3.8, 4) is 11.3 Å². The summed E-state index contributed by atoms with van der Waals surface area (Å²) in [5.74, 6) is -1.05. The number of carboxylic acids is 1. The number of carbonyl (C=O) groups is 1. The highest BCUT2D eigenvalue weighted by Gasteiger charge is 2.21. The lowest BCUT2D eigenvalue weighted by Gasteiger charge is -1.97. The molecule has 0 aliphatic heterocycles. The zero-order valence-electron chi connectivity index (χ0n) is 9.60. The number of nitrogens with one attached hydrogen (secondary N) is 1. The fourth-order valence-electron chi connectivity index (χ4n) is 2.15. The van der Waals surface area contributed by atoms with Gasteiger partial charge in [0, 0.05) is 22.2 Å². The average Bonchev–Trinajstić information content (AvgIpc) is 2.91. The fraction of sp³-hybridized carbons (Fsp3) is 0.0769. The van der Waals surface area contributed by atoms with Gasteiger partial charge in [-0.05, 0) is 13.0 Å². The number of benzene rings is 1. The summed E-state index contributed by atoms with van der Waals surface area (Å²) >= 11 is 0. The summed E-state index contributed by atoms with van der Waals surface area (Å²) < 4.78 is 4.79. The third-order valence-corrected chi connectivity index (χ3v) is 2.93. The van der Waals surface area contributed by atoms with Gasteiger partial charge in [-0.3, -0.25) is 0 Å². The van der Waals surface area contributed by atoms with Crippen LogP contribution in [0.1, 0.15) is 16.1 Å². The van der Waals surface area contributed by atoms with Crippen molar-refractivity contribution in [2.75, 3.05) is 0 Å². The van der Waals surface area contributed by atoms with Crippen LogP contribution >= 0.6 is 0 Å². The Balaban J connectivity index is 2.34. The average molecular weight is 242 g/mol. The van der Waals surface area contributed by atoms with Gasteiger partial charge in [-0.2, -0.15) is 0 Å². The van der Waals surface area contributed by atoms with E-state index in [2.05, 4.69) is 10.1 Å². The maximum atomic E-state index is 11.1. The Bertz CT molecular complexity index is 740. The van der Waals surface area contributed by atoms with E-state index < -0.39 is 5.97 Å². The second-order valence-electron chi connectivity index (χ2n) is 4.05. The molecule has 0 spiro atoms. The molecule has 0 saturated carbocycles. The van der Waals surface area contributed by atoms with Crippen LogP contribution < -0.4 is 0 Å². The zero-order valence-corrected chi connectivity index (χ0v) is 9.60. The topological polar surface area (TPSA) is 79.1 Å². The van der Waals surface area contributed by atoms with Crippen molar-refractivity contribution in [2.45, 2.75) is 6.92 Å². The number of nitrogens with zero attached hydrogens (tertiary/aromatic N) is 1. The number of H-pyrrole nitrogens is 1. The number of hydrogen-bond donors (Lipinski definition) is 2. The lowest BCUT2D eigenvalue weighted by atomic mass is 10.0. The summed E-state index contributed by atoms with van der Waals surface area (Å²) in [7, 11) is 0. The first-order valence-corrected chi connectivity index (χ1v) is 5.44. The zero-order chi connectivity index (χ0) is 12.7. The van der Waals surface area contributed by atoms with Gasteiger partial charge in [0.05, 0.1) is 0 Å². The third-order valence-electron chi connectivity index (χ3n) is 2.93. The largest absolute Gasteiger partial charge is 0.477 e. The minimum absolute atomic E-state index is 0.0721. The molecular formula is C13H10N2O3. The van der Waals surface area contributed by atoms with E-state index in [0.717, 1.165) is 28.4 Å². The number of fused-ring (bicyclic) bond motifs is 1. The number of carboxylic acid groups (broad SMARTS) is 1. The van der Waals surface area contributed by atoms with Gasteiger partial charge in [0.25, 0.3) is 0 Å². The molecule has 0 unspecified atom stereocenters. The van der Waals surface area contributed by atoms with E-state index in [1.54, 1.807) is 0 Å². The quantitative estimate of drug-likeness (QED) is 0.724. The lowest BCUT2D eigenvalue weighted by Crippen LogP contribution is -1.97. The van der Waals surface area contributed by atoms with Crippen LogP contribution in [0.4, 0.5) is 0 Å². The molecule has 1 aromatic carbocycles. The van der Waals surface area contributed by atoms with E-state index in [-0.39, 0.29) is 5.56 Å². The van der Waals surface area contributed by atoms with Gasteiger partial charge in [0.1, 0.15) is 17.5 Å². The molecule has 0 aliphatic rings. The van der Waals surface area contributed by atoms with Crippen LogP contribution in [0.25, 0.3) is 22.2 Å². The van der Waals surface area contributed by atoms with Crippen LogP contribution in [-0.2, 0) is 0 Å². The lowest BCUT2D eigenvalue weighted by molar-refractivity contribution is 0.0697. The van der Waals surface area contributed by atoms with Gasteiger partial charge >= 0.3 is 5.97 Å². The molecule has 0 aliphatic carbocycles. The SMILES string of the molecule is Cc1[nH]c2ccccc2c1-c1nocc1C(=O)O. The molecule has 3 aromatic rings. The van der Waals surface area contributed by atoms with Crippen LogP contribution in [-0.4, -0.2) is 21.2 Å². The number of hydrogen-bond acceptors (Lipinski definition) is 3. The minimum atomic E-state index is -1.05. The Morgan fingerprint density at radius 2 is 2.17 bits per heavy atom. The van der Waals surface area contributed by atoms with Crippen molar-refractivity contribution in [1.82, 2.24) is 10.1 Å². The highest BCUT2D eigenvalue weighted by Crippen LogP contribution is 2.33. The molecule has 2 heterocycles. The van der Waals surface area contributed by atoms with Crippen molar-refractivity contribution in [3.63, 3.8) is 0 Å². The molecule has 0 bridgehead atoms. The second kappa shape index (κ2) is 3.73. The Labute approximate surface area is 102 Å².